The van der Waals surface area contributed by atoms with Crippen molar-refractivity contribution in [1.82, 2.24) is 5.32 Å². The lowest BCUT2D eigenvalue weighted by Gasteiger charge is -2.20. The first-order valence-electron chi connectivity index (χ1n) is 6.25. The zero-order valence-electron chi connectivity index (χ0n) is 10.7. The number of halogens is 1. The second-order valence-electron chi connectivity index (χ2n) is 4.36. The van der Waals surface area contributed by atoms with Crippen molar-refractivity contribution in [3.63, 3.8) is 0 Å². The third-order valence-corrected chi connectivity index (χ3v) is 4.84. The average molecular weight is 324 g/mol. The normalized spacial score (nSPS) is 12.6. The van der Waals surface area contributed by atoms with Gasteiger partial charge in [0.15, 0.2) is 0 Å². The zero-order chi connectivity index (χ0) is 13.0. The monoisotopic (exact) mass is 323 g/mol. The highest BCUT2D eigenvalue weighted by atomic mass is 79.9. The first-order valence-corrected chi connectivity index (χ1v) is 7.93. The SMILES string of the molecule is CCCNC(c1cccs1)c1cccc(Br)c1C. The van der Waals surface area contributed by atoms with Gasteiger partial charge in [-0.05, 0) is 48.5 Å². The van der Waals surface area contributed by atoms with Gasteiger partial charge in [-0.15, -0.1) is 11.3 Å². The van der Waals surface area contributed by atoms with Crippen LogP contribution in [0.5, 0.6) is 0 Å². The van der Waals surface area contributed by atoms with Crippen molar-refractivity contribution in [3.05, 3.63) is 56.2 Å². The molecular formula is C15H18BrNS. The molecule has 96 valence electrons. The van der Waals surface area contributed by atoms with E-state index in [1.807, 2.05) is 11.3 Å². The van der Waals surface area contributed by atoms with Gasteiger partial charge < -0.3 is 5.32 Å². The van der Waals surface area contributed by atoms with Crippen molar-refractivity contribution in [2.75, 3.05) is 6.54 Å². The van der Waals surface area contributed by atoms with Gasteiger partial charge in [0.2, 0.25) is 0 Å². The van der Waals surface area contributed by atoms with Crippen LogP contribution in [0.3, 0.4) is 0 Å². The van der Waals surface area contributed by atoms with E-state index in [-0.39, 0.29) is 0 Å². The molecule has 1 aromatic carbocycles. The van der Waals surface area contributed by atoms with Crippen molar-refractivity contribution in [1.29, 1.82) is 0 Å². The quantitative estimate of drug-likeness (QED) is 0.824. The molecular weight excluding hydrogens is 306 g/mol. The number of nitrogens with one attached hydrogen (secondary N) is 1. The molecule has 1 nitrogen and oxygen atoms in total. The largest absolute Gasteiger partial charge is 0.306 e. The Kier molecular flexibility index (Phi) is 4.98. The Morgan fingerprint density at radius 2 is 2.11 bits per heavy atom. The summed E-state index contributed by atoms with van der Waals surface area (Å²) in [6, 6.07) is 11.1. The molecule has 1 unspecified atom stereocenters. The molecule has 0 aliphatic heterocycles. The van der Waals surface area contributed by atoms with E-state index in [1.54, 1.807) is 0 Å². The lowest BCUT2D eigenvalue weighted by molar-refractivity contribution is 0.603. The summed E-state index contributed by atoms with van der Waals surface area (Å²) in [7, 11) is 0. The molecule has 1 heterocycles. The van der Waals surface area contributed by atoms with Crippen LogP contribution in [0.25, 0.3) is 0 Å². The summed E-state index contributed by atoms with van der Waals surface area (Å²) >= 11 is 5.43. The first-order chi connectivity index (χ1) is 8.74. The lowest BCUT2D eigenvalue weighted by atomic mass is 10.00. The molecule has 1 aromatic heterocycles. The van der Waals surface area contributed by atoms with E-state index in [9.17, 15) is 0 Å². The molecule has 0 bridgehead atoms. The Morgan fingerprint density at radius 3 is 2.78 bits per heavy atom. The van der Waals surface area contributed by atoms with E-state index in [0.717, 1.165) is 13.0 Å². The predicted molar refractivity (Wildman–Crippen MR) is 83.3 cm³/mol. The molecule has 0 spiro atoms. The summed E-state index contributed by atoms with van der Waals surface area (Å²) in [5.74, 6) is 0. The Hall–Kier alpha value is -0.640. The van der Waals surface area contributed by atoms with E-state index < -0.39 is 0 Å². The molecule has 0 aliphatic rings. The van der Waals surface area contributed by atoms with Gasteiger partial charge in [-0.1, -0.05) is 41.1 Å². The third kappa shape index (κ3) is 3.02. The molecule has 0 radical (unpaired) electrons. The summed E-state index contributed by atoms with van der Waals surface area (Å²) in [5.41, 5.74) is 2.68. The van der Waals surface area contributed by atoms with Crippen LogP contribution in [0, 0.1) is 6.92 Å². The minimum atomic E-state index is 0.308. The number of benzene rings is 1. The van der Waals surface area contributed by atoms with E-state index in [0.29, 0.717) is 6.04 Å². The molecule has 2 aromatic rings. The minimum Gasteiger partial charge on any atom is -0.306 e. The van der Waals surface area contributed by atoms with Gasteiger partial charge in [0.05, 0.1) is 6.04 Å². The van der Waals surface area contributed by atoms with Crippen molar-refractivity contribution in [2.24, 2.45) is 0 Å². The zero-order valence-corrected chi connectivity index (χ0v) is 13.1. The molecule has 18 heavy (non-hydrogen) atoms. The molecule has 0 amide bonds. The van der Waals surface area contributed by atoms with Crippen molar-refractivity contribution < 1.29 is 0 Å². The number of rotatable bonds is 5. The fraction of sp³-hybridized carbons (Fsp3) is 0.333. The molecule has 1 N–H and O–H groups in total. The Morgan fingerprint density at radius 1 is 1.28 bits per heavy atom. The van der Waals surface area contributed by atoms with Gasteiger partial charge in [-0.25, -0.2) is 0 Å². The molecule has 0 aliphatic carbocycles. The second kappa shape index (κ2) is 6.50. The highest BCUT2D eigenvalue weighted by Crippen LogP contribution is 2.31. The third-order valence-electron chi connectivity index (χ3n) is 3.05. The summed E-state index contributed by atoms with van der Waals surface area (Å²) in [5, 5.41) is 5.79. The number of hydrogen-bond donors (Lipinski definition) is 1. The topological polar surface area (TPSA) is 12.0 Å². The fourth-order valence-electron chi connectivity index (χ4n) is 2.04. The molecule has 0 fully saturated rings. The highest BCUT2D eigenvalue weighted by molar-refractivity contribution is 9.10. The van der Waals surface area contributed by atoms with Gasteiger partial charge in [-0.3, -0.25) is 0 Å². The van der Waals surface area contributed by atoms with Crippen LogP contribution in [0.2, 0.25) is 0 Å². The van der Waals surface area contributed by atoms with Crippen LogP contribution in [-0.2, 0) is 0 Å². The van der Waals surface area contributed by atoms with Crippen molar-refractivity contribution in [3.8, 4) is 0 Å². The van der Waals surface area contributed by atoms with E-state index in [1.165, 1.54) is 20.5 Å². The van der Waals surface area contributed by atoms with Crippen molar-refractivity contribution >= 4 is 27.3 Å². The van der Waals surface area contributed by atoms with Crippen LogP contribution in [0.15, 0.2) is 40.2 Å². The van der Waals surface area contributed by atoms with Gasteiger partial charge in [0, 0.05) is 9.35 Å². The standard InChI is InChI=1S/C15H18BrNS/c1-3-9-17-15(14-8-5-10-18-14)12-6-4-7-13(16)11(12)2/h4-8,10,15,17H,3,9H2,1-2H3. The fourth-order valence-corrected chi connectivity index (χ4v) is 3.24. The van der Waals surface area contributed by atoms with E-state index >= 15 is 0 Å². The van der Waals surface area contributed by atoms with Gasteiger partial charge in [0.1, 0.15) is 0 Å². The number of thiophene rings is 1. The highest BCUT2D eigenvalue weighted by Gasteiger charge is 2.17. The summed E-state index contributed by atoms with van der Waals surface area (Å²) in [6.07, 6.45) is 1.15. The van der Waals surface area contributed by atoms with E-state index in [4.69, 9.17) is 0 Å². The Bertz CT molecular complexity index is 493. The number of hydrogen-bond acceptors (Lipinski definition) is 2. The summed E-state index contributed by atoms with van der Waals surface area (Å²) in [6.45, 7) is 5.41. The lowest BCUT2D eigenvalue weighted by Crippen LogP contribution is -2.23. The van der Waals surface area contributed by atoms with Crippen LogP contribution in [0.4, 0.5) is 0 Å². The predicted octanol–water partition coefficient (Wildman–Crippen LogP) is 4.91. The molecule has 1 atom stereocenters. The maximum Gasteiger partial charge on any atom is 0.0674 e. The molecule has 0 saturated carbocycles. The molecule has 3 heteroatoms. The van der Waals surface area contributed by atoms with Crippen LogP contribution in [-0.4, -0.2) is 6.54 Å². The van der Waals surface area contributed by atoms with Gasteiger partial charge in [-0.2, -0.15) is 0 Å². The smallest absolute Gasteiger partial charge is 0.0674 e. The van der Waals surface area contributed by atoms with Gasteiger partial charge >= 0.3 is 0 Å². The summed E-state index contributed by atoms with van der Waals surface area (Å²) in [4.78, 5) is 1.38. The minimum absolute atomic E-state index is 0.308. The van der Waals surface area contributed by atoms with Crippen LogP contribution in [0.1, 0.15) is 35.4 Å². The summed E-state index contributed by atoms with van der Waals surface area (Å²) < 4.78 is 1.18. The van der Waals surface area contributed by atoms with Crippen molar-refractivity contribution in [2.45, 2.75) is 26.3 Å². The Labute approximate surface area is 121 Å². The Balaban J connectivity index is 2.37. The van der Waals surface area contributed by atoms with Gasteiger partial charge in [0.25, 0.3) is 0 Å². The molecule has 2 rings (SSSR count). The molecule has 0 saturated heterocycles. The van der Waals surface area contributed by atoms with Crippen LogP contribution >= 0.6 is 27.3 Å². The average Bonchev–Trinajstić information content (AvgIpc) is 2.88. The van der Waals surface area contributed by atoms with Crippen LogP contribution < -0.4 is 5.32 Å². The maximum absolute atomic E-state index is 3.65. The maximum atomic E-state index is 3.65. The first kappa shape index (κ1) is 13.8. The second-order valence-corrected chi connectivity index (χ2v) is 6.19. The van der Waals surface area contributed by atoms with E-state index in [2.05, 4.69) is 70.8 Å².